The van der Waals surface area contributed by atoms with Crippen molar-refractivity contribution in [2.75, 3.05) is 11.9 Å². The van der Waals surface area contributed by atoms with Crippen LogP contribution in [0, 0.1) is 6.57 Å². The molecule has 0 fully saturated rings. The molecule has 1 aromatic carbocycles. The predicted octanol–water partition coefficient (Wildman–Crippen LogP) is 1.57. The second-order valence-electron chi connectivity index (χ2n) is 2.63. The van der Waals surface area contributed by atoms with E-state index in [0.717, 1.165) is 0 Å². The van der Waals surface area contributed by atoms with Gasteiger partial charge in [0.2, 0.25) is 0 Å². The van der Waals surface area contributed by atoms with Gasteiger partial charge in [-0.3, -0.25) is 4.79 Å². The van der Waals surface area contributed by atoms with Gasteiger partial charge in [0.1, 0.15) is 5.75 Å². The molecule has 0 aromatic heterocycles. The minimum absolute atomic E-state index is 0.0460. The maximum Gasteiger partial charge on any atom is 0.262 e. The zero-order valence-electron chi connectivity index (χ0n) is 6.70. The van der Waals surface area contributed by atoms with Gasteiger partial charge in [-0.25, -0.2) is 4.85 Å². The molecule has 1 aliphatic heterocycles. The first kappa shape index (κ1) is 7.62. The van der Waals surface area contributed by atoms with Gasteiger partial charge < -0.3 is 10.1 Å². The molecule has 0 saturated carbocycles. The molecule has 0 aliphatic carbocycles. The van der Waals surface area contributed by atoms with Crippen LogP contribution in [-0.4, -0.2) is 12.5 Å². The van der Waals surface area contributed by atoms with Gasteiger partial charge in [0, 0.05) is 0 Å². The number of ether oxygens (including phenoxy) is 1. The summed E-state index contributed by atoms with van der Waals surface area (Å²) in [5.74, 6) is 0.432. The first-order chi connectivity index (χ1) is 6.29. The maximum absolute atomic E-state index is 10.9. The maximum atomic E-state index is 10.9. The van der Waals surface area contributed by atoms with E-state index in [4.69, 9.17) is 11.3 Å². The second-order valence-corrected chi connectivity index (χ2v) is 2.63. The molecule has 64 valence electrons. The van der Waals surface area contributed by atoms with E-state index in [-0.39, 0.29) is 12.5 Å². The van der Waals surface area contributed by atoms with Gasteiger partial charge in [-0.2, -0.15) is 0 Å². The van der Waals surface area contributed by atoms with Gasteiger partial charge in [0.15, 0.2) is 12.3 Å². The average Bonchev–Trinajstić information content (AvgIpc) is 2.16. The van der Waals surface area contributed by atoms with E-state index < -0.39 is 0 Å². The Morgan fingerprint density at radius 3 is 3.15 bits per heavy atom. The molecule has 1 amide bonds. The third-order valence-electron chi connectivity index (χ3n) is 1.73. The summed E-state index contributed by atoms with van der Waals surface area (Å²) in [4.78, 5) is 14.2. The quantitative estimate of drug-likeness (QED) is 0.606. The van der Waals surface area contributed by atoms with Crippen LogP contribution in [0.2, 0.25) is 0 Å². The highest BCUT2D eigenvalue weighted by Gasteiger charge is 2.15. The summed E-state index contributed by atoms with van der Waals surface area (Å²) in [6.45, 7) is 6.83. The molecule has 0 bridgehead atoms. The molecule has 0 spiro atoms. The molecule has 1 aliphatic rings. The van der Waals surface area contributed by atoms with Crippen LogP contribution in [0.25, 0.3) is 4.85 Å². The number of benzene rings is 1. The van der Waals surface area contributed by atoms with Crippen LogP contribution in [0.1, 0.15) is 0 Å². The highest BCUT2D eigenvalue weighted by molar-refractivity contribution is 5.96. The van der Waals surface area contributed by atoms with Crippen LogP contribution in [-0.2, 0) is 4.79 Å². The lowest BCUT2D eigenvalue weighted by Crippen LogP contribution is -2.25. The number of carbonyl (C=O) groups excluding carboxylic acids is 1. The van der Waals surface area contributed by atoms with Gasteiger partial charge in [0.25, 0.3) is 5.91 Å². The zero-order valence-corrected chi connectivity index (χ0v) is 6.70. The normalized spacial score (nSPS) is 13.6. The second kappa shape index (κ2) is 2.79. The smallest absolute Gasteiger partial charge is 0.262 e. The fourth-order valence-electron chi connectivity index (χ4n) is 1.14. The van der Waals surface area contributed by atoms with Crippen molar-refractivity contribution in [3.63, 3.8) is 0 Å². The van der Waals surface area contributed by atoms with E-state index in [1.54, 1.807) is 18.2 Å². The largest absolute Gasteiger partial charge is 0.482 e. The number of hydrogen-bond acceptors (Lipinski definition) is 2. The van der Waals surface area contributed by atoms with Crippen LogP contribution in [0.3, 0.4) is 0 Å². The molecule has 0 radical (unpaired) electrons. The topological polar surface area (TPSA) is 42.7 Å². The minimum atomic E-state index is -0.186. The first-order valence-electron chi connectivity index (χ1n) is 3.74. The lowest BCUT2D eigenvalue weighted by molar-refractivity contribution is -0.118. The van der Waals surface area contributed by atoms with Crippen LogP contribution < -0.4 is 10.1 Å². The number of amides is 1. The van der Waals surface area contributed by atoms with Crippen molar-refractivity contribution in [1.82, 2.24) is 0 Å². The SMILES string of the molecule is [C-]#[N+]c1ccc2c(c1)NC(=O)CO2. The Labute approximate surface area is 74.9 Å². The number of hydrogen-bond donors (Lipinski definition) is 1. The third-order valence-corrected chi connectivity index (χ3v) is 1.73. The Kier molecular flexibility index (Phi) is 1.64. The van der Waals surface area contributed by atoms with Crippen molar-refractivity contribution in [2.45, 2.75) is 0 Å². The number of rotatable bonds is 0. The molecule has 0 saturated heterocycles. The minimum Gasteiger partial charge on any atom is -0.482 e. The fourth-order valence-corrected chi connectivity index (χ4v) is 1.14. The van der Waals surface area contributed by atoms with Crippen LogP contribution in [0.15, 0.2) is 18.2 Å². The zero-order chi connectivity index (χ0) is 9.26. The van der Waals surface area contributed by atoms with Crippen molar-refractivity contribution in [1.29, 1.82) is 0 Å². The van der Waals surface area contributed by atoms with Crippen molar-refractivity contribution in [3.8, 4) is 5.75 Å². The van der Waals surface area contributed by atoms with Crippen molar-refractivity contribution < 1.29 is 9.53 Å². The third kappa shape index (κ3) is 1.32. The van der Waals surface area contributed by atoms with Gasteiger partial charge >= 0.3 is 0 Å². The van der Waals surface area contributed by atoms with Crippen LogP contribution >= 0.6 is 0 Å². The van der Waals surface area contributed by atoms with Gasteiger partial charge in [-0.05, 0) is 12.1 Å². The summed E-state index contributed by atoms with van der Waals surface area (Å²) in [7, 11) is 0. The van der Waals surface area contributed by atoms with Crippen molar-refractivity contribution in [2.24, 2.45) is 0 Å². The Morgan fingerprint density at radius 1 is 1.54 bits per heavy atom. The van der Waals surface area contributed by atoms with Gasteiger partial charge in [-0.15, -0.1) is 0 Å². The molecular formula is C9H6N2O2. The monoisotopic (exact) mass is 174 g/mol. The summed E-state index contributed by atoms with van der Waals surface area (Å²) < 4.78 is 5.12. The highest BCUT2D eigenvalue weighted by Crippen LogP contribution is 2.31. The van der Waals surface area contributed by atoms with Gasteiger partial charge in [-0.1, -0.05) is 6.07 Å². The molecule has 1 N–H and O–H groups in total. The average molecular weight is 174 g/mol. The molecule has 4 nitrogen and oxygen atoms in total. The predicted molar refractivity (Wildman–Crippen MR) is 46.8 cm³/mol. The van der Waals surface area contributed by atoms with E-state index >= 15 is 0 Å². The molecular weight excluding hydrogens is 168 g/mol. The summed E-state index contributed by atoms with van der Waals surface area (Å²) in [6.07, 6.45) is 0. The molecule has 13 heavy (non-hydrogen) atoms. The molecule has 0 atom stereocenters. The molecule has 2 rings (SSSR count). The fraction of sp³-hybridized carbons (Fsp3) is 0.111. The number of anilines is 1. The summed E-state index contributed by atoms with van der Waals surface area (Å²) in [5, 5.41) is 2.63. The molecule has 1 heterocycles. The summed E-state index contributed by atoms with van der Waals surface area (Å²) in [6, 6.07) is 4.94. The van der Waals surface area contributed by atoms with Crippen molar-refractivity contribution >= 4 is 17.3 Å². The van der Waals surface area contributed by atoms with E-state index in [9.17, 15) is 4.79 Å². The Hall–Kier alpha value is -2.02. The number of fused-ring (bicyclic) bond motifs is 1. The van der Waals surface area contributed by atoms with Gasteiger partial charge in [0.05, 0.1) is 12.3 Å². The number of nitrogens with zero attached hydrogens (tertiary/aromatic N) is 1. The standard InChI is InChI=1S/C9H6N2O2/c1-10-6-2-3-8-7(4-6)11-9(12)5-13-8/h2-4H,5H2,(H,11,12). The number of nitrogens with one attached hydrogen (secondary N) is 1. The lowest BCUT2D eigenvalue weighted by Gasteiger charge is -2.17. The van der Waals surface area contributed by atoms with E-state index in [2.05, 4.69) is 10.2 Å². The van der Waals surface area contributed by atoms with E-state index in [1.165, 1.54) is 0 Å². The number of carbonyl (C=O) groups is 1. The summed E-state index contributed by atoms with van der Waals surface area (Å²) in [5.41, 5.74) is 1.06. The van der Waals surface area contributed by atoms with E-state index in [1.807, 2.05) is 0 Å². The molecule has 4 heteroatoms. The van der Waals surface area contributed by atoms with Crippen LogP contribution in [0.5, 0.6) is 5.75 Å². The van der Waals surface area contributed by atoms with Crippen molar-refractivity contribution in [3.05, 3.63) is 29.6 Å². The Morgan fingerprint density at radius 2 is 2.38 bits per heavy atom. The first-order valence-corrected chi connectivity index (χ1v) is 3.74. The lowest BCUT2D eigenvalue weighted by atomic mass is 10.2. The van der Waals surface area contributed by atoms with Crippen LogP contribution in [0.4, 0.5) is 11.4 Å². The molecule has 1 aromatic rings. The summed E-state index contributed by atoms with van der Waals surface area (Å²) >= 11 is 0. The Balaban J connectivity index is 2.45. The van der Waals surface area contributed by atoms with E-state index in [0.29, 0.717) is 17.1 Å². The Bertz CT molecular complexity index is 407. The highest BCUT2D eigenvalue weighted by atomic mass is 16.5. The molecule has 0 unspecified atom stereocenters.